The van der Waals surface area contributed by atoms with Gasteiger partial charge in [-0.05, 0) is 50.1 Å². The number of amides is 1. The topological polar surface area (TPSA) is 60.5 Å². The number of aromatic nitrogens is 1. The van der Waals surface area contributed by atoms with Crippen molar-refractivity contribution in [2.24, 2.45) is 0 Å². The summed E-state index contributed by atoms with van der Waals surface area (Å²) in [6, 6.07) is 7.58. The third-order valence-electron chi connectivity index (χ3n) is 4.62. The quantitative estimate of drug-likeness (QED) is 0.522. The van der Waals surface area contributed by atoms with Crippen LogP contribution in [0.25, 0.3) is 10.9 Å². The van der Waals surface area contributed by atoms with Crippen molar-refractivity contribution in [1.29, 1.82) is 0 Å². The highest BCUT2D eigenvalue weighted by Gasteiger charge is 2.31. The van der Waals surface area contributed by atoms with Gasteiger partial charge in [0.05, 0.1) is 17.7 Å². The summed E-state index contributed by atoms with van der Waals surface area (Å²) < 4.78 is 63.2. The molecular formula is C22H20F4N2O3. The van der Waals surface area contributed by atoms with Crippen LogP contribution in [0.5, 0.6) is 11.6 Å². The summed E-state index contributed by atoms with van der Waals surface area (Å²) in [5, 5.41) is 2.95. The zero-order valence-corrected chi connectivity index (χ0v) is 17.1. The lowest BCUT2D eigenvalue weighted by atomic mass is 10.1. The normalized spacial score (nSPS) is 11.5. The smallest absolute Gasteiger partial charge is 0.416 e. The molecule has 0 aliphatic carbocycles. The molecule has 0 atom stereocenters. The maximum absolute atomic E-state index is 13.4. The Hall–Kier alpha value is -3.36. The van der Waals surface area contributed by atoms with Gasteiger partial charge < -0.3 is 14.8 Å². The molecule has 9 heteroatoms. The number of hydrogen-bond donors (Lipinski definition) is 1. The van der Waals surface area contributed by atoms with Crippen LogP contribution in [-0.2, 0) is 12.7 Å². The molecule has 0 bridgehead atoms. The van der Waals surface area contributed by atoms with Gasteiger partial charge in [-0.25, -0.2) is 14.2 Å². The lowest BCUT2D eigenvalue weighted by Gasteiger charge is -2.16. The number of nitrogens with one attached hydrogen (secondary N) is 1. The van der Waals surface area contributed by atoms with E-state index in [1.807, 2.05) is 0 Å². The molecule has 0 aliphatic rings. The first-order chi connectivity index (χ1) is 14.6. The molecule has 5 nitrogen and oxygen atoms in total. The van der Waals surface area contributed by atoms with E-state index in [4.69, 9.17) is 9.47 Å². The van der Waals surface area contributed by atoms with Gasteiger partial charge in [0, 0.05) is 17.5 Å². The van der Waals surface area contributed by atoms with E-state index in [-0.39, 0.29) is 36.1 Å². The monoisotopic (exact) mass is 436 g/mol. The Labute approximate surface area is 176 Å². The van der Waals surface area contributed by atoms with Crippen molar-refractivity contribution in [3.8, 4) is 11.6 Å². The molecule has 0 aliphatic heterocycles. The second-order valence-corrected chi connectivity index (χ2v) is 6.86. The average molecular weight is 436 g/mol. The number of fused-ring (bicyclic) bond motifs is 1. The number of nitrogens with zero attached hydrogens (tertiary/aromatic N) is 1. The van der Waals surface area contributed by atoms with Crippen LogP contribution in [0.15, 0.2) is 36.4 Å². The van der Waals surface area contributed by atoms with Gasteiger partial charge in [0.2, 0.25) is 0 Å². The van der Waals surface area contributed by atoms with Crippen LogP contribution in [-0.4, -0.2) is 17.7 Å². The molecule has 2 aromatic carbocycles. The van der Waals surface area contributed by atoms with Crippen LogP contribution in [0.1, 0.15) is 29.2 Å². The molecule has 1 aromatic heterocycles. The first-order valence-electron chi connectivity index (χ1n) is 9.45. The van der Waals surface area contributed by atoms with E-state index in [0.29, 0.717) is 22.1 Å². The number of ether oxygens (including phenoxy) is 2. The summed E-state index contributed by atoms with van der Waals surface area (Å²) >= 11 is 0. The van der Waals surface area contributed by atoms with Gasteiger partial charge in [0.15, 0.2) is 5.75 Å². The molecule has 31 heavy (non-hydrogen) atoms. The number of hydrogen-bond acceptors (Lipinski definition) is 4. The first-order valence-corrected chi connectivity index (χ1v) is 9.45. The minimum atomic E-state index is -4.51. The molecule has 3 aromatic rings. The molecule has 3 rings (SSSR count). The predicted octanol–water partition coefficient (Wildman–Crippen LogP) is 5.70. The molecule has 0 saturated heterocycles. The lowest BCUT2D eigenvalue weighted by molar-refractivity contribution is -0.137. The number of carbonyl (C=O) groups excluding carboxylic acids is 1. The standard InChI is InChI=1S/C22H20F4N2O3/c1-4-30-20-19(31-21(29)27-11-14-5-8-17(23)12(2)9-14)13(3)16-7-6-15(22(24,25)26)10-18(16)28-20/h5-10H,4,11H2,1-3H3,(H,27,29). The van der Waals surface area contributed by atoms with Gasteiger partial charge in [-0.1, -0.05) is 18.2 Å². The molecule has 0 fully saturated rings. The molecular weight excluding hydrogens is 416 g/mol. The van der Waals surface area contributed by atoms with E-state index in [1.54, 1.807) is 26.8 Å². The molecule has 1 amide bonds. The summed E-state index contributed by atoms with van der Waals surface area (Å²) in [6.45, 7) is 5.16. The molecule has 164 valence electrons. The van der Waals surface area contributed by atoms with Crippen molar-refractivity contribution in [2.45, 2.75) is 33.5 Å². The zero-order chi connectivity index (χ0) is 22.8. The van der Waals surface area contributed by atoms with Gasteiger partial charge in [-0.15, -0.1) is 0 Å². The predicted molar refractivity (Wildman–Crippen MR) is 107 cm³/mol. The van der Waals surface area contributed by atoms with Gasteiger partial charge >= 0.3 is 12.3 Å². The van der Waals surface area contributed by atoms with Crippen molar-refractivity contribution < 1.29 is 31.8 Å². The van der Waals surface area contributed by atoms with Crippen molar-refractivity contribution in [3.05, 3.63) is 64.5 Å². The maximum Gasteiger partial charge on any atom is 0.416 e. The minimum absolute atomic E-state index is 0.0156. The average Bonchev–Trinajstić information content (AvgIpc) is 2.71. The fourth-order valence-electron chi connectivity index (χ4n) is 3.03. The SMILES string of the molecule is CCOc1nc2cc(C(F)(F)F)ccc2c(C)c1OC(=O)NCc1ccc(F)c(C)c1. The lowest BCUT2D eigenvalue weighted by Crippen LogP contribution is -2.27. The van der Waals surface area contributed by atoms with Crippen molar-refractivity contribution in [2.75, 3.05) is 6.61 Å². The number of alkyl halides is 3. The third kappa shape index (κ3) is 5.04. The van der Waals surface area contributed by atoms with Crippen LogP contribution in [0.4, 0.5) is 22.4 Å². The Morgan fingerprint density at radius 2 is 1.87 bits per heavy atom. The van der Waals surface area contributed by atoms with E-state index in [9.17, 15) is 22.4 Å². The van der Waals surface area contributed by atoms with Gasteiger partial charge in [-0.3, -0.25) is 0 Å². The molecule has 1 heterocycles. The van der Waals surface area contributed by atoms with Crippen LogP contribution in [0.3, 0.4) is 0 Å². The largest absolute Gasteiger partial charge is 0.475 e. The summed E-state index contributed by atoms with van der Waals surface area (Å²) in [4.78, 5) is 16.5. The summed E-state index contributed by atoms with van der Waals surface area (Å²) in [5.74, 6) is -0.416. The second-order valence-electron chi connectivity index (χ2n) is 6.86. The fourth-order valence-corrected chi connectivity index (χ4v) is 3.03. The second kappa shape index (κ2) is 8.79. The Balaban J connectivity index is 1.87. The Kier molecular flexibility index (Phi) is 6.33. The highest BCUT2D eigenvalue weighted by Crippen LogP contribution is 2.37. The summed E-state index contributed by atoms with van der Waals surface area (Å²) in [5.41, 5.74) is 0.767. The third-order valence-corrected chi connectivity index (χ3v) is 4.62. The highest BCUT2D eigenvalue weighted by molar-refractivity contribution is 5.87. The van der Waals surface area contributed by atoms with Crippen LogP contribution >= 0.6 is 0 Å². The first kappa shape index (κ1) is 22.3. The van der Waals surface area contributed by atoms with E-state index >= 15 is 0 Å². The van der Waals surface area contributed by atoms with E-state index < -0.39 is 17.8 Å². The molecule has 0 radical (unpaired) electrons. The van der Waals surface area contributed by atoms with E-state index in [2.05, 4.69) is 10.3 Å². The summed E-state index contributed by atoms with van der Waals surface area (Å²) in [6.07, 6.45) is -5.32. The van der Waals surface area contributed by atoms with Crippen LogP contribution in [0, 0.1) is 19.7 Å². The van der Waals surface area contributed by atoms with Crippen molar-refractivity contribution in [3.63, 3.8) is 0 Å². The molecule has 1 N–H and O–H groups in total. The highest BCUT2D eigenvalue weighted by atomic mass is 19.4. The van der Waals surface area contributed by atoms with E-state index in [1.165, 1.54) is 18.2 Å². The minimum Gasteiger partial charge on any atom is -0.475 e. The molecule has 0 saturated carbocycles. The van der Waals surface area contributed by atoms with Gasteiger partial charge in [0.25, 0.3) is 5.88 Å². The Morgan fingerprint density at radius 3 is 2.52 bits per heavy atom. The van der Waals surface area contributed by atoms with Gasteiger partial charge in [-0.2, -0.15) is 13.2 Å². The van der Waals surface area contributed by atoms with Crippen LogP contribution < -0.4 is 14.8 Å². The van der Waals surface area contributed by atoms with Gasteiger partial charge in [0.1, 0.15) is 5.82 Å². The number of halogens is 4. The number of benzene rings is 2. The fraction of sp³-hybridized carbons (Fsp3) is 0.273. The molecule has 0 spiro atoms. The number of carbonyl (C=O) groups is 1. The Morgan fingerprint density at radius 1 is 1.13 bits per heavy atom. The Bertz CT molecular complexity index is 1130. The number of aryl methyl sites for hydroxylation is 2. The number of pyridine rings is 1. The summed E-state index contributed by atoms with van der Waals surface area (Å²) in [7, 11) is 0. The van der Waals surface area contributed by atoms with E-state index in [0.717, 1.165) is 12.1 Å². The maximum atomic E-state index is 13.4. The number of rotatable bonds is 5. The van der Waals surface area contributed by atoms with Crippen molar-refractivity contribution >= 4 is 17.0 Å². The molecule has 0 unspecified atom stereocenters. The zero-order valence-electron chi connectivity index (χ0n) is 17.1. The van der Waals surface area contributed by atoms with Crippen molar-refractivity contribution in [1.82, 2.24) is 10.3 Å². The van der Waals surface area contributed by atoms with Crippen LogP contribution in [0.2, 0.25) is 0 Å².